The molecule has 2 aromatic carbocycles. The lowest BCUT2D eigenvalue weighted by atomic mass is 9.45. The number of aliphatic hydroxyl groups is 1. The van der Waals surface area contributed by atoms with Crippen LogP contribution in [0, 0.1) is 40.3 Å². The first-order valence-electron chi connectivity index (χ1n) is 19.0. The summed E-state index contributed by atoms with van der Waals surface area (Å²) >= 11 is 0. The Labute approximate surface area is 297 Å². The van der Waals surface area contributed by atoms with Crippen LogP contribution in [0.15, 0.2) is 47.5 Å². The van der Waals surface area contributed by atoms with Crippen LogP contribution in [-0.2, 0) is 11.8 Å². The number of nitrogens with zero attached hydrogens (tertiary/aromatic N) is 4. The molecule has 9 rings (SSSR count). The van der Waals surface area contributed by atoms with Gasteiger partial charge in [0.05, 0.1) is 41.9 Å². The van der Waals surface area contributed by atoms with Crippen molar-refractivity contribution < 1.29 is 19.0 Å². The number of aromatic amines is 1. The Bertz CT molecular complexity index is 2000. The smallest absolute Gasteiger partial charge is 0.272 e. The van der Waals surface area contributed by atoms with Crippen LogP contribution in [0.1, 0.15) is 101 Å². The Balaban J connectivity index is 0.860. The maximum atomic E-state index is 14.7. The summed E-state index contributed by atoms with van der Waals surface area (Å²) < 4.78 is 29.2. The number of aryl methyl sites for hydroxylation is 1. The first-order valence-corrected chi connectivity index (χ1v) is 19.0. The van der Waals surface area contributed by atoms with E-state index in [0.717, 1.165) is 48.3 Å². The third-order valence-electron chi connectivity index (χ3n) is 14.3. The number of fused-ring (bicyclic) bond motifs is 5. The number of halogens is 1. The van der Waals surface area contributed by atoms with Crippen molar-refractivity contribution in [3.8, 4) is 5.75 Å². The highest BCUT2D eigenvalue weighted by Crippen LogP contribution is 2.66. The fourth-order valence-electron chi connectivity index (χ4n) is 11.8. The Hall–Kier alpha value is -3.83. The third-order valence-corrected chi connectivity index (χ3v) is 14.3. The predicted octanol–water partition coefficient (Wildman–Crippen LogP) is 6.66. The van der Waals surface area contributed by atoms with Crippen LogP contribution in [0.2, 0.25) is 0 Å². The van der Waals surface area contributed by atoms with Gasteiger partial charge in [-0.05, 0) is 122 Å². The number of H-pyrrole nitrogens is 1. The number of aliphatic hydroxyl groups excluding tert-OH is 1. The molecule has 0 amide bonds. The minimum Gasteiger partial charge on any atom is -0.491 e. The molecule has 4 aliphatic carbocycles. The van der Waals surface area contributed by atoms with Crippen LogP contribution < -0.4 is 15.6 Å². The Kier molecular flexibility index (Phi) is 8.03. The summed E-state index contributed by atoms with van der Waals surface area (Å²) in [4.78, 5) is 17.2. The minimum atomic E-state index is -0.494. The predicted molar refractivity (Wildman–Crippen MR) is 191 cm³/mol. The maximum Gasteiger partial charge on any atom is 0.272 e. The monoisotopic (exact) mass is 696 g/mol. The quantitative estimate of drug-likeness (QED) is 0.183. The van der Waals surface area contributed by atoms with Gasteiger partial charge in [0.2, 0.25) is 0 Å². The highest BCUT2D eigenvalue weighted by atomic mass is 19.1. The van der Waals surface area contributed by atoms with Gasteiger partial charge in [0.25, 0.3) is 5.56 Å². The van der Waals surface area contributed by atoms with Gasteiger partial charge in [-0.3, -0.25) is 9.48 Å². The summed E-state index contributed by atoms with van der Waals surface area (Å²) in [7, 11) is 1.83. The molecule has 270 valence electrons. The summed E-state index contributed by atoms with van der Waals surface area (Å²) in [6, 6.07) is 10.2. The number of rotatable bonds is 7. The van der Waals surface area contributed by atoms with Crippen molar-refractivity contribution in [1.82, 2.24) is 25.0 Å². The van der Waals surface area contributed by atoms with E-state index >= 15 is 0 Å². The van der Waals surface area contributed by atoms with Crippen LogP contribution in [0.4, 0.5) is 10.1 Å². The summed E-state index contributed by atoms with van der Waals surface area (Å²) in [6.45, 7) is 6.08. The van der Waals surface area contributed by atoms with E-state index in [9.17, 15) is 14.3 Å². The van der Waals surface area contributed by atoms with Gasteiger partial charge >= 0.3 is 0 Å². The normalized spacial score (nSPS) is 35.5. The number of ether oxygens (including phenoxy) is 2. The van der Waals surface area contributed by atoms with E-state index in [4.69, 9.17) is 9.47 Å². The summed E-state index contributed by atoms with van der Waals surface area (Å²) in [5, 5.41) is 26.0. The molecule has 51 heavy (non-hydrogen) atoms. The second-order valence-electron chi connectivity index (χ2n) is 16.6. The Morgan fingerprint density at radius 3 is 2.61 bits per heavy atom. The maximum absolute atomic E-state index is 14.7. The van der Waals surface area contributed by atoms with Crippen molar-refractivity contribution in [3.05, 3.63) is 76.0 Å². The van der Waals surface area contributed by atoms with Crippen LogP contribution in [0.25, 0.3) is 10.8 Å². The molecular weight excluding hydrogens is 647 g/mol. The summed E-state index contributed by atoms with van der Waals surface area (Å²) in [5.41, 5.74) is 2.25. The highest BCUT2D eigenvalue weighted by Gasteiger charge is 2.60. The fraction of sp³-hybridized carbons (Fsp3) is 0.600. The van der Waals surface area contributed by atoms with Crippen LogP contribution in [0.3, 0.4) is 0 Å². The lowest BCUT2D eigenvalue weighted by Gasteiger charge is -2.60. The van der Waals surface area contributed by atoms with Gasteiger partial charge in [-0.1, -0.05) is 26.0 Å². The third kappa shape index (κ3) is 5.32. The van der Waals surface area contributed by atoms with E-state index in [2.05, 4.69) is 39.4 Å². The fourth-order valence-corrected chi connectivity index (χ4v) is 11.8. The zero-order chi connectivity index (χ0) is 35.1. The van der Waals surface area contributed by atoms with Crippen LogP contribution in [-0.4, -0.2) is 55.5 Å². The lowest BCUT2D eigenvalue weighted by molar-refractivity contribution is -0.142. The first kappa shape index (κ1) is 33.0. The molecule has 11 heteroatoms. The number of benzene rings is 2. The van der Waals surface area contributed by atoms with Gasteiger partial charge in [-0.25, -0.2) is 14.5 Å². The average molecular weight is 697 g/mol. The van der Waals surface area contributed by atoms with Gasteiger partial charge in [0, 0.05) is 18.1 Å². The number of nitrogens with one attached hydrogen (secondary N) is 2. The molecule has 3 heterocycles. The molecule has 4 saturated carbocycles. The van der Waals surface area contributed by atoms with Crippen molar-refractivity contribution in [3.63, 3.8) is 0 Å². The van der Waals surface area contributed by atoms with Crippen molar-refractivity contribution in [2.75, 3.05) is 18.5 Å². The molecule has 10 atom stereocenters. The first-order chi connectivity index (χ1) is 24.6. The van der Waals surface area contributed by atoms with E-state index in [0.29, 0.717) is 47.1 Å². The van der Waals surface area contributed by atoms with Crippen molar-refractivity contribution in [1.29, 1.82) is 0 Å². The molecule has 0 bridgehead atoms. The molecule has 4 fully saturated rings. The molecule has 0 spiro atoms. The molecule has 3 N–H and O–H groups in total. The molecular formula is C40H49FN6O4. The van der Waals surface area contributed by atoms with Crippen molar-refractivity contribution in [2.24, 2.45) is 41.5 Å². The van der Waals surface area contributed by atoms with E-state index < -0.39 is 17.3 Å². The topological polar surface area (TPSA) is 127 Å². The molecule has 1 aliphatic heterocycles. The van der Waals surface area contributed by atoms with Gasteiger partial charge in [-0.2, -0.15) is 10.2 Å². The molecule has 2 aromatic heterocycles. The minimum absolute atomic E-state index is 0.0957. The zero-order valence-corrected chi connectivity index (χ0v) is 29.8. The molecule has 0 saturated heterocycles. The Morgan fingerprint density at radius 2 is 1.80 bits per heavy atom. The number of aromatic nitrogens is 5. The lowest BCUT2D eigenvalue weighted by Crippen LogP contribution is -2.54. The van der Waals surface area contributed by atoms with Gasteiger partial charge in [-0.15, -0.1) is 0 Å². The van der Waals surface area contributed by atoms with Crippen LogP contribution in [0.5, 0.6) is 5.75 Å². The SMILES string of the molecule is Cn1ncnc1[C@H]1c2n[nH]c(=O)c3cc(F)cc(c23)NC1c1ccc(OCCO[C@H]2CC[C@H]3[C@@H]4CC[C@H]5C[C@H](O)CC[C@]5(C)[C@H]4CC[C@]23C)cc1. The molecule has 4 aromatic rings. The molecule has 5 aliphatic rings. The zero-order valence-electron chi connectivity index (χ0n) is 29.8. The molecule has 1 unspecified atom stereocenters. The standard InChI is InChI=1S/C40H49FN6O4/c1-39-14-12-25(48)18-23(39)6-9-27-29-10-11-32(40(29,2)15-13-30(27)39)51-17-16-50-26-7-4-22(5-8-26)35-34(37-42-21-43-47(37)3)36-33-28(38(49)46-45-36)19-24(41)20-31(33)44-35/h4-5,7-8,19-21,23,25,27,29-30,32,34-35,44,48H,6,9-18H2,1-3H3,(H,46,49)/t23-,25+,27-,29-,30-,32-,34+,35?,39-,40-/m0/s1. The number of hydrogen-bond acceptors (Lipinski definition) is 8. The van der Waals surface area contributed by atoms with Gasteiger partial charge in [0.15, 0.2) is 0 Å². The molecule has 10 nitrogen and oxygen atoms in total. The van der Waals surface area contributed by atoms with Crippen LogP contribution >= 0.6 is 0 Å². The van der Waals surface area contributed by atoms with Crippen molar-refractivity contribution in [2.45, 2.75) is 95.8 Å². The van der Waals surface area contributed by atoms with Crippen molar-refractivity contribution >= 4 is 16.5 Å². The van der Waals surface area contributed by atoms with E-state index in [1.807, 2.05) is 31.3 Å². The van der Waals surface area contributed by atoms with E-state index in [1.165, 1.54) is 57.0 Å². The molecule has 0 radical (unpaired) electrons. The van der Waals surface area contributed by atoms with E-state index in [1.54, 1.807) is 4.68 Å². The Morgan fingerprint density at radius 1 is 1.00 bits per heavy atom. The van der Waals surface area contributed by atoms with Gasteiger partial charge in [0.1, 0.15) is 30.3 Å². The summed E-state index contributed by atoms with van der Waals surface area (Å²) in [6.07, 6.45) is 12.3. The second kappa shape index (κ2) is 12.4. The number of hydrogen-bond donors (Lipinski definition) is 3. The summed E-state index contributed by atoms with van der Waals surface area (Å²) in [5.74, 6) is 3.52. The second-order valence-corrected chi connectivity index (χ2v) is 16.6. The largest absolute Gasteiger partial charge is 0.491 e. The highest BCUT2D eigenvalue weighted by molar-refractivity contribution is 5.97. The average Bonchev–Trinajstić information content (AvgIpc) is 3.70. The van der Waals surface area contributed by atoms with Gasteiger partial charge < -0.3 is 19.9 Å². The van der Waals surface area contributed by atoms with E-state index in [-0.39, 0.29) is 29.1 Å². The number of anilines is 1.